The summed E-state index contributed by atoms with van der Waals surface area (Å²) < 4.78 is 11.9. The van der Waals surface area contributed by atoms with Crippen molar-refractivity contribution < 1.29 is 19.1 Å². The Bertz CT molecular complexity index is 1210. The molecule has 1 heterocycles. The fourth-order valence-electron chi connectivity index (χ4n) is 3.27. The minimum atomic E-state index is -0.316. The Kier molecular flexibility index (Phi) is 8.69. The van der Waals surface area contributed by atoms with E-state index in [9.17, 15) is 9.59 Å². The van der Waals surface area contributed by atoms with Crippen molar-refractivity contribution in [3.8, 4) is 17.2 Å². The molecule has 0 saturated heterocycles. The van der Waals surface area contributed by atoms with Crippen molar-refractivity contribution in [1.29, 1.82) is 0 Å². The summed E-state index contributed by atoms with van der Waals surface area (Å²) >= 11 is 0. The van der Waals surface area contributed by atoms with E-state index in [1.165, 1.54) is 0 Å². The normalized spacial score (nSPS) is 11.1. The minimum absolute atomic E-state index is 0.000813. The van der Waals surface area contributed by atoms with Crippen LogP contribution < -0.4 is 20.1 Å². The Balaban J connectivity index is 1.58. The van der Waals surface area contributed by atoms with E-state index in [0.717, 1.165) is 16.7 Å². The average Bonchev–Trinajstić information content (AvgIpc) is 2.84. The summed E-state index contributed by atoms with van der Waals surface area (Å²) in [6, 6.07) is 14.3. The van der Waals surface area contributed by atoms with Gasteiger partial charge in [-0.25, -0.2) is 4.79 Å². The zero-order chi connectivity index (χ0) is 26.3. The largest absolute Gasteiger partial charge is 0.491 e. The lowest BCUT2D eigenvalue weighted by molar-refractivity contribution is 0.0983. The summed E-state index contributed by atoms with van der Waals surface area (Å²) in [5, 5.41) is 5.80. The number of amides is 2. The van der Waals surface area contributed by atoms with Crippen molar-refractivity contribution in [2.45, 2.75) is 54.5 Å². The van der Waals surface area contributed by atoms with Crippen LogP contribution in [0.15, 0.2) is 54.7 Å². The lowest BCUT2D eigenvalue weighted by atomic mass is 9.98. The highest BCUT2D eigenvalue weighted by atomic mass is 16.5. The van der Waals surface area contributed by atoms with Gasteiger partial charge in [-0.05, 0) is 66.3 Å². The SMILES string of the molecule is CCC(=O)c1cc(Oc2ccc(CNC(=O)Nc3cc(C)c(C)cc3OCC(C)(C)C)cc2)ccn1. The van der Waals surface area contributed by atoms with E-state index in [-0.39, 0.29) is 17.2 Å². The van der Waals surface area contributed by atoms with Gasteiger partial charge in [0.2, 0.25) is 0 Å². The van der Waals surface area contributed by atoms with Gasteiger partial charge in [-0.1, -0.05) is 39.8 Å². The second kappa shape index (κ2) is 11.7. The van der Waals surface area contributed by atoms with Gasteiger partial charge in [0.05, 0.1) is 12.3 Å². The number of anilines is 1. The molecule has 0 radical (unpaired) electrons. The first-order chi connectivity index (χ1) is 17.0. The molecule has 2 N–H and O–H groups in total. The van der Waals surface area contributed by atoms with Crippen molar-refractivity contribution in [2.24, 2.45) is 5.41 Å². The molecule has 7 heteroatoms. The third-order valence-corrected chi connectivity index (χ3v) is 5.46. The molecule has 3 rings (SSSR count). The number of urea groups is 1. The van der Waals surface area contributed by atoms with E-state index in [0.29, 0.717) is 48.2 Å². The number of ketones is 1. The highest BCUT2D eigenvalue weighted by molar-refractivity contribution is 5.94. The first kappa shape index (κ1) is 26.7. The second-order valence-electron chi connectivity index (χ2n) is 9.99. The standard InChI is InChI=1S/C29H35N3O4/c1-7-26(33)24-16-23(12-13-30-24)36-22-10-8-21(9-11-22)17-31-28(34)32-25-14-19(2)20(3)15-27(25)35-18-29(4,5)6/h8-16H,7,17-18H2,1-6H3,(H2,31,32,34). The van der Waals surface area contributed by atoms with Gasteiger partial charge in [-0.15, -0.1) is 0 Å². The molecular formula is C29H35N3O4. The Labute approximate surface area is 213 Å². The number of Topliss-reactive ketones (excluding diaryl/α,β-unsaturated/α-hetero) is 1. The van der Waals surface area contributed by atoms with E-state index in [4.69, 9.17) is 9.47 Å². The number of benzene rings is 2. The van der Waals surface area contributed by atoms with Crippen LogP contribution >= 0.6 is 0 Å². The average molecular weight is 490 g/mol. The first-order valence-corrected chi connectivity index (χ1v) is 12.1. The van der Waals surface area contributed by atoms with Crippen molar-refractivity contribution >= 4 is 17.5 Å². The Morgan fingerprint density at radius 3 is 2.31 bits per heavy atom. The van der Waals surface area contributed by atoms with Gasteiger partial charge in [0.1, 0.15) is 22.9 Å². The maximum Gasteiger partial charge on any atom is 0.319 e. The Hall–Kier alpha value is -3.87. The molecule has 0 aliphatic rings. The number of nitrogens with zero attached hydrogens (tertiary/aromatic N) is 1. The van der Waals surface area contributed by atoms with Gasteiger partial charge in [0.25, 0.3) is 0 Å². The number of ether oxygens (including phenoxy) is 2. The van der Waals surface area contributed by atoms with Crippen LogP contribution in [0.4, 0.5) is 10.5 Å². The molecular weight excluding hydrogens is 454 g/mol. The third kappa shape index (κ3) is 7.83. The number of pyridine rings is 1. The molecule has 1 aromatic heterocycles. The van der Waals surface area contributed by atoms with Gasteiger partial charge >= 0.3 is 6.03 Å². The van der Waals surface area contributed by atoms with Gasteiger partial charge in [-0.3, -0.25) is 9.78 Å². The fraction of sp³-hybridized carbons (Fsp3) is 0.345. The number of rotatable bonds is 9. The summed E-state index contributed by atoms with van der Waals surface area (Å²) in [4.78, 5) is 28.6. The molecule has 190 valence electrons. The fourth-order valence-corrected chi connectivity index (χ4v) is 3.27. The molecule has 0 bridgehead atoms. The van der Waals surface area contributed by atoms with Crippen molar-refractivity contribution in [3.05, 3.63) is 77.1 Å². The first-order valence-electron chi connectivity index (χ1n) is 12.1. The molecule has 0 aliphatic carbocycles. The molecule has 3 aromatic rings. The van der Waals surface area contributed by atoms with Gasteiger partial charge in [0, 0.05) is 25.2 Å². The van der Waals surface area contributed by atoms with E-state index < -0.39 is 0 Å². The molecule has 36 heavy (non-hydrogen) atoms. The molecule has 0 atom stereocenters. The monoisotopic (exact) mass is 489 g/mol. The van der Waals surface area contributed by atoms with Crippen LogP contribution in [-0.2, 0) is 6.54 Å². The lowest BCUT2D eigenvalue weighted by Crippen LogP contribution is -2.28. The molecule has 0 spiro atoms. The number of hydrogen-bond acceptors (Lipinski definition) is 5. The predicted molar refractivity (Wildman–Crippen MR) is 142 cm³/mol. The summed E-state index contributed by atoms with van der Waals surface area (Å²) in [6.07, 6.45) is 1.95. The topological polar surface area (TPSA) is 89.5 Å². The molecule has 2 aromatic carbocycles. The van der Waals surface area contributed by atoms with Crippen LogP contribution in [0.3, 0.4) is 0 Å². The van der Waals surface area contributed by atoms with Crippen LogP contribution in [0.2, 0.25) is 0 Å². The molecule has 0 saturated carbocycles. The van der Waals surface area contributed by atoms with E-state index in [1.807, 2.05) is 50.2 Å². The molecule has 2 amide bonds. The van der Waals surface area contributed by atoms with Crippen LogP contribution in [0, 0.1) is 19.3 Å². The highest BCUT2D eigenvalue weighted by Crippen LogP contribution is 2.30. The lowest BCUT2D eigenvalue weighted by Gasteiger charge is -2.21. The van der Waals surface area contributed by atoms with Crippen molar-refractivity contribution in [1.82, 2.24) is 10.3 Å². The van der Waals surface area contributed by atoms with Gasteiger partial charge < -0.3 is 20.1 Å². The van der Waals surface area contributed by atoms with Crippen molar-refractivity contribution in [3.63, 3.8) is 0 Å². The van der Waals surface area contributed by atoms with E-state index >= 15 is 0 Å². The number of nitrogens with one attached hydrogen (secondary N) is 2. The number of aromatic nitrogens is 1. The molecule has 0 fully saturated rings. The zero-order valence-electron chi connectivity index (χ0n) is 21.9. The predicted octanol–water partition coefficient (Wildman–Crippen LogP) is 6.83. The summed E-state index contributed by atoms with van der Waals surface area (Å²) in [7, 11) is 0. The Morgan fingerprint density at radius 2 is 1.64 bits per heavy atom. The number of aryl methyl sites for hydroxylation is 2. The van der Waals surface area contributed by atoms with Crippen LogP contribution in [0.5, 0.6) is 17.2 Å². The summed E-state index contributed by atoms with van der Waals surface area (Å²) in [5.41, 5.74) is 4.12. The maximum absolute atomic E-state index is 12.6. The summed E-state index contributed by atoms with van der Waals surface area (Å²) in [6.45, 7) is 13.0. The van der Waals surface area contributed by atoms with Crippen LogP contribution in [0.1, 0.15) is 61.3 Å². The van der Waals surface area contributed by atoms with Crippen LogP contribution in [0.25, 0.3) is 0 Å². The van der Waals surface area contributed by atoms with Gasteiger partial charge in [-0.2, -0.15) is 0 Å². The number of hydrogen-bond donors (Lipinski definition) is 2. The van der Waals surface area contributed by atoms with Crippen molar-refractivity contribution in [2.75, 3.05) is 11.9 Å². The zero-order valence-corrected chi connectivity index (χ0v) is 21.9. The van der Waals surface area contributed by atoms with Gasteiger partial charge in [0.15, 0.2) is 5.78 Å². The quantitative estimate of drug-likeness (QED) is 0.322. The number of carbonyl (C=O) groups excluding carboxylic acids is 2. The smallest absolute Gasteiger partial charge is 0.319 e. The van der Waals surface area contributed by atoms with E-state index in [1.54, 1.807) is 25.3 Å². The third-order valence-electron chi connectivity index (χ3n) is 5.46. The maximum atomic E-state index is 12.6. The molecule has 7 nitrogen and oxygen atoms in total. The van der Waals surface area contributed by atoms with Crippen LogP contribution in [-0.4, -0.2) is 23.4 Å². The Morgan fingerprint density at radius 1 is 0.944 bits per heavy atom. The minimum Gasteiger partial charge on any atom is -0.491 e. The number of carbonyl (C=O) groups is 2. The molecule has 0 unspecified atom stereocenters. The van der Waals surface area contributed by atoms with E-state index in [2.05, 4.69) is 36.4 Å². The summed E-state index contributed by atoms with van der Waals surface area (Å²) in [5.74, 6) is 1.79. The second-order valence-corrected chi connectivity index (χ2v) is 9.99. The highest BCUT2D eigenvalue weighted by Gasteiger charge is 2.15. The molecule has 0 aliphatic heterocycles.